The second-order valence-electron chi connectivity index (χ2n) is 11.1. The number of nitrogens with zero attached hydrogens (tertiary/aromatic N) is 4. The standard InChI is InChI=1S/C28H35F3N6O5/c1-17-2-3-20(32-26(39)36-5-4-18(14-36)13-28(29,30)31)12-21(17)19-10-24(35-6-8-42-9-7-35)34-25(11-19)37-15-22(23(38)16-37)33-27(40)41/h2-3,10-12,18,22-23,33,38H,4-9,13-16H2,1H3,(H,32,39)(H,40,41)/t18-,22?,23?/m0/s1. The number of carbonyl (C=O) groups excluding carboxylic acids is 1. The number of hydrogen-bond acceptors (Lipinski definition) is 7. The van der Waals surface area contributed by atoms with Crippen LogP contribution in [0.1, 0.15) is 18.4 Å². The van der Waals surface area contributed by atoms with E-state index in [-0.39, 0.29) is 26.2 Å². The molecule has 228 valence electrons. The van der Waals surface area contributed by atoms with Crippen LogP contribution in [-0.2, 0) is 4.74 Å². The van der Waals surface area contributed by atoms with Crippen LogP contribution in [-0.4, -0.2) is 103 Å². The lowest BCUT2D eigenvalue weighted by Gasteiger charge is -2.29. The fourth-order valence-electron chi connectivity index (χ4n) is 5.77. The van der Waals surface area contributed by atoms with E-state index in [9.17, 15) is 27.9 Å². The van der Waals surface area contributed by atoms with E-state index in [0.717, 1.165) is 16.7 Å². The third-order valence-corrected chi connectivity index (χ3v) is 7.95. The lowest BCUT2D eigenvalue weighted by Crippen LogP contribution is -2.42. The molecule has 3 aliphatic rings. The Morgan fingerprint density at radius 3 is 2.45 bits per heavy atom. The van der Waals surface area contributed by atoms with Crippen LogP contribution in [0.25, 0.3) is 11.1 Å². The summed E-state index contributed by atoms with van der Waals surface area (Å²) < 4.78 is 43.9. The minimum atomic E-state index is -4.26. The monoisotopic (exact) mass is 592 g/mol. The van der Waals surface area contributed by atoms with Gasteiger partial charge in [0.1, 0.15) is 11.6 Å². The van der Waals surface area contributed by atoms with E-state index in [4.69, 9.17) is 14.8 Å². The molecule has 1 aromatic carbocycles. The summed E-state index contributed by atoms with van der Waals surface area (Å²) in [5.41, 5.74) is 3.07. The number of aromatic nitrogens is 1. The first kappa shape index (κ1) is 29.7. The molecular weight excluding hydrogens is 557 g/mol. The zero-order valence-corrected chi connectivity index (χ0v) is 23.2. The SMILES string of the molecule is Cc1ccc(NC(=O)N2CC[C@@H](CC(F)(F)F)C2)cc1-c1cc(N2CCOCC2)nc(N2CC(O)C(NC(=O)O)C2)c1. The first-order chi connectivity index (χ1) is 19.9. The summed E-state index contributed by atoms with van der Waals surface area (Å²) in [6.45, 7) is 5.08. The number of pyridine rings is 1. The van der Waals surface area contributed by atoms with Crippen molar-refractivity contribution in [1.82, 2.24) is 15.2 Å². The molecule has 2 aromatic rings. The van der Waals surface area contributed by atoms with Crippen LogP contribution < -0.4 is 20.4 Å². The van der Waals surface area contributed by atoms with E-state index in [1.54, 1.807) is 6.07 Å². The Bertz CT molecular complexity index is 1310. The van der Waals surface area contributed by atoms with Gasteiger partial charge in [0.2, 0.25) is 0 Å². The lowest BCUT2D eigenvalue weighted by molar-refractivity contribution is -0.143. The van der Waals surface area contributed by atoms with Gasteiger partial charge in [-0.05, 0) is 60.2 Å². The van der Waals surface area contributed by atoms with Crippen LogP contribution in [0.5, 0.6) is 0 Å². The van der Waals surface area contributed by atoms with Gasteiger partial charge in [0.15, 0.2) is 0 Å². The molecule has 0 spiro atoms. The summed E-state index contributed by atoms with van der Waals surface area (Å²) in [7, 11) is 0. The van der Waals surface area contributed by atoms with Gasteiger partial charge in [0, 0.05) is 51.4 Å². The van der Waals surface area contributed by atoms with E-state index in [1.165, 1.54) is 4.90 Å². The Kier molecular flexibility index (Phi) is 8.64. The maximum Gasteiger partial charge on any atom is 0.405 e. The van der Waals surface area contributed by atoms with Crippen molar-refractivity contribution < 1.29 is 37.7 Å². The van der Waals surface area contributed by atoms with Gasteiger partial charge < -0.3 is 40.3 Å². The largest absolute Gasteiger partial charge is 0.465 e. The van der Waals surface area contributed by atoms with Gasteiger partial charge in [-0.1, -0.05) is 6.07 Å². The van der Waals surface area contributed by atoms with Gasteiger partial charge in [-0.15, -0.1) is 0 Å². The highest BCUT2D eigenvalue weighted by molar-refractivity contribution is 5.91. The summed E-state index contributed by atoms with van der Waals surface area (Å²) >= 11 is 0. The van der Waals surface area contributed by atoms with Gasteiger partial charge >= 0.3 is 18.3 Å². The van der Waals surface area contributed by atoms with E-state index in [0.29, 0.717) is 50.0 Å². The Morgan fingerprint density at radius 1 is 1.05 bits per heavy atom. The van der Waals surface area contributed by atoms with Crippen molar-refractivity contribution in [2.24, 2.45) is 5.92 Å². The molecule has 3 amide bonds. The average molecular weight is 593 g/mol. The van der Waals surface area contributed by atoms with Crippen LogP contribution in [0.2, 0.25) is 0 Å². The van der Waals surface area contributed by atoms with Gasteiger partial charge in [0.05, 0.1) is 25.4 Å². The molecule has 42 heavy (non-hydrogen) atoms. The van der Waals surface area contributed by atoms with E-state index < -0.39 is 42.8 Å². The van der Waals surface area contributed by atoms with Crippen molar-refractivity contribution in [1.29, 1.82) is 0 Å². The van der Waals surface area contributed by atoms with Crippen LogP contribution in [0, 0.1) is 12.8 Å². The first-order valence-electron chi connectivity index (χ1n) is 14.0. The molecule has 0 bridgehead atoms. The number of aliphatic hydroxyl groups is 1. The molecule has 4 N–H and O–H groups in total. The van der Waals surface area contributed by atoms with Crippen molar-refractivity contribution >= 4 is 29.4 Å². The molecule has 3 atom stereocenters. The molecule has 14 heteroatoms. The highest BCUT2D eigenvalue weighted by Crippen LogP contribution is 2.34. The number of aryl methyl sites for hydroxylation is 1. The smallest absolute Gasteiger partial charge is 0.405 e. The number of likely N-dealkylation sites (tertiary alicyclic amines) is 1. The third kappa shape index (κ3) is 7.16. The molecule has 11 nitrogen and oxygen atoms in total. The van der Waals surface area contributed by atoms with Crippen molar-refractivity contribution in [3.05, 3.63) is 35.9 Å². The van der Waals surface area contributed by atoms with Crippen molar-refractivity contribution in [2.75, 3.05) is 67.6 Å². The number of amides is 3. The van der Waals surface area contributed by atoms with Gasteiger partial charge in [-0.2, -0.15) is 13.2 Å². The number of ether oxygens (including phenoxy) is 1. The van der Waals surface area contributed by atoms with E-state index in [1.807, 2.05) is 36.1 Å². The topological polar surface area (TPSA) is 130 Å². The number of rotatable bonds is 6. The summed E-state index contributed by atoms with van der Waals surface area (Å²) in [5, 5.41) is 24.8. The van der Waals surface area contributed by atoms with Gasteiger partial charge in [-0.25, -0.2) is 14.6 Å². The number of urea groups is 1. The highest BCUT2D eigenvalue weighted by Gasteiger charge is 2.37. The van der Waals surface area contributed by atoms with E-state index in [2.05, 4.69) is 15.5 Å². The molecule has 2 unspecified atom stereocenters. The van der Waals surface area contributed by atoms with Crippen LogP contribution in [0.15, 0.2) is 30.3 Å². The summed E-state index contributed by atoms with van der Waals surface area (Å²) in [5.74, 6) is 0.675. The Morgan fingerprint density at radius 2 is 1.76 bits per heavy atom. The second-order valence-corrected chi connectivity index (χ2v) is 11.1. The number of alkyl halides is 3. The molecule has 3 saturated heterocycles. The number of morpholine rings is 1. The normalized spacial score (nSPS) is 22.9. The Balaban J connectivity index is 1.40. The predicted molar refractivity (Wildman–Crippen MR) is 150 cm³/mol. The number of nitrogens with one attached hydrogen (secondary N) is 2. The minimum Gasteiger partial charge on any atom is -0.465 e. The highest BCUT2D eigenvalue weighted by atomic mass is 19.4. The number of benzene rings is 1. The first-order valence-corrected chi connectivity index (χ1v) is 14.0. The second kappa shape index (κ2) is 12.2. The summed E-state index contributed by atoms with van der Waals surface area (Å²) in [6, 6.07) is 8.15. The number of β-amino-alcohol motifs (C(OH)–C–C–N with tert-alkyl or cyclic N) is 1. The van der Waals surface area contributed by atoms with Crippen LogP contribution in [0.4, 0.5) is 40.1 Å². The fraction of sp³-hybridized carbons (Fsp3) is 0.536. The Hall–Kier alpha value is -3.78. The average Bonchev–Trinajstić information content (AvgIpc) is 3.55. The van der Waals surface area contributed by atoms with Crippen molar-refractivity contribution in [3.63, 3.8) is 0 Å². The Labute approximate surface area is 241 Å². The summed E-state index contributed by atoms with van der Waals surface area (Å²) in [4.78, 5) is 34.3. The molecule has 3 aliphatic heterocycles. The lowest BCUT2D eigenvalue weighted by atomic mass is 10.00. The quantitative estimate of drug-likeness (QED) is 0.401. The maximum atomic E-state index is 12.9. The maximum absolute atomic E-state index is 12.9. The zero-order valence-electron chi connectivity index (χ0n) is 23.2. The van der Waals surface area contributed by atoms with Crippen molar-refractivity contribution in [3.8, 4) is 11.1 Å². The third-order valence-electron chi connectivity index (χ3n) is 7.95. The van der Waals surface area contributed by atoms with Crippen LogP contribution >= 0.6 is 0 Å². The number of halogens is 3. The molecule has 0 saturated carbocycles. The number of anilines is 3. The number of hydrogen-bond donors (Lipinski definition) is 4. The van der Waals surface area contributed by atoms with Gasteiger partial charge in [0.25, 0.3) is 0 Å². The molecule has 3 fully saturated rings. The van der Waals surface area contributed by atoms with E-state index >= 15 is 0 Å². The predicted octanol–water partition coefficient (Wildman–Crippen LogP) is 3.52. The number of aliphatic hydroxyl groups excluding tert-OH is 1. The number of carboxylic acid groups (broad SMARTS) is 1. The molecule has 5 rings (SSSR count). The van der Waals surface area contributed by atoms with Gasteiger partial charge in [-0.3, -0.25) is 0 Å². The zero-order chi connectivity index (χ0) is 30.0. The van der Waals surface area contributed by atoms with Crippen LogP contribution in [0.3, 0.4) is 0 Å². The molecular formula is C28H35F3N6O5. The molecule has 4 heterocycles. The minimum absolute atomic E-state index is 0.0557. The summed E-state index contributed by atoms with van der Waals surface area (Å²) in [6.07, 6.45) is -6.96. The molecule has 0 radical (unpaired) electrons. The molecule has 1 aromatic heterocycles. The fourth-order valence-corrected chi connectivity index (χ4v) is 5.77. The number of carbonyl (C=O) groups is 2. The molecule has 0 aliphatic carbocycles. The van der Waals surface area contributed by atoms with Crippen molar-refractivity contribution in [2.45, 2.75) is 38.1 Å².